The maximum Gasteiger partial charge on any atom is 0.246 e. The van der Waals surface area contributed by atoms with Gasteiger partial charge >= 0.3 is 0 Å². The van der Waals surface area contributed by atoms with E-state index in [-0.39, 0.29) is 17.7 Å². The smallest absolute Gasteiger partial charge is 0.246 e. The second kappa shape index (κ2) is 6.46. The Hall–Kier alpha value is -2.27. The van der Waals surface area contributed by atoms with Gasteiger partial charge < -0.3 is 15.4 Å². The molecule has 1 unspecified atom stereocenters. The first-order chi connectivity index (χ1) is 11.0. The molecule has 1 aromatic rings. The van der Waals surface area contributed by atoms with E-state index in [0.717, 1.165) is 16.9 Å². The number of amides is 2. The highest BCUT2D eigenvalue weighted by Crippen LogP contribution is 2.29. The van der Waals surface area contributed by atoms with Gasteiger partial charge in [0, 0.05) is 29.8 Å². The molecule has 1 saturated heterocycles. The van der Waals surface area contributed by atoms with Crippen LogP contribution in [0.1, 0.15) is 12.0 Å². The topological polar surface area (TPSA) is 72.6 Å². The first-order valence-electron chi connectivity index (χ1n) is 7.42. The lowest BCUT2D eigenvalue weighted by atomic mass is 10.1. The number of ether oxygens (including phenoxy) is 1. The molecular weight excluding hydrogens is 316 g/mol. The van der Waals surface area contributed by atoms with Gasteiger partial charge in [0.15, 0.2) is 0 Å². The minimum Gasteiger partial charge on any atom is -0.488 e. The number of rotatable bonds is 3. The van der Waals surface area contributed by atoms with Crippen LogP contribution in [0, 0.1) is 5.92 Å². The standard InChI is InChI=1S/C17H17ClN2O3/c18-14-2-3-15-13(8-14)7-11(10-23-15)1-4-16(21)20-6-5-12(9-20)17(19)22/h1-4,7-8,12H,5-6,9-10H2,(H2,19,22)/b4-1+. The first-order valence-corrected chi connectivity index (χ1v) is 7.80. The van der Waals surface area contributed by atoms with Gasteiger partial charge in [-0.05, 0) is 36.3 Å². The zero-order valence-electron chi connectivity index (χ0n) is 12.5. The summed E-state index contributed by atoms with van der Waals surface area (Å²) in [7, 11) is 0. The molecule has 0 bridgehead atoms. The van der Waals surface area contributed by atoms with E-state index in [1.165, 1.54) is 6.08 Å². The van der Waals surface area contributed by atoms with E-state index in [9.17, 15) is 9.59 Å². The Labute approximate surface area is 139 Å². The number of primary amides is 1. The normalized spacial score (nSPS) is 20.1. The van der Waals surface area contributed by atoms with Crippen molar-refractivity contribution in [3.05, 3.63) is 46.5 Å². The van der Waals surface area contributed by atoms with Crippen molar-refractivity contribution in [2.45, 2.75) is 6.42 Å². The van der Waals surface area contributed by atoms with Crippen LogP contribution in [-0.4, -0.2) is 36.4 Å². The van der Waals surface area contributed by atoms with Gasteiger partial charge in [0.25, 0.3) is 0 Å². The Balaban J connectivity index is 1.66. The monoisotopic (exact) mass is 332 g/mol. The van der Waals surface area contributed by atoms with Gasteiger partial charge in [-0.2, -0.15) is 0 Å². The van der Waals surface area contributed by atoms with Crippen LogP contribution < -0.4 is 10.5 Å². The van der Waals surface area contributed by atoms with Crippen molar-refractivity contribution >= 4 is 29.5 Å². The summed E-state index contributed by atoms with van der Waals surface area (Å²) in [5.41, 5.74) is 7.06. The van der Waals surface area contributed by atoms with Crippen molar-refractivity contribution in [3.8, 4) is 5.75 Å². The van der Waals surface area contributed by atoms with Gasteiger partial charge in [0.1, 0.15) is 12.4 Å². The van der Waals surface area contributed by atoms with E-state index in [4.69, 9.17) is 22.1 Å². The largest absolute Gasteiger partial charge is 0.488 e. The number of carbonyl (C=O) groups excluding carboxylic acids is 2. The number of carbonyl (C=O) groups is 2. The van der Waals surface area contributed by atoms with E-state index in [1.807, 2.05) is 18.2 Å². The van der Waals surface area contributed by atoms with Crippen molar-refractivity contribution in [1.82, 2.24) is 4.90 Å². The average Bonchev–Trinajstić information content (AvgIpc) is 3.02. The lowest BCUT2D eigenvalue weighted by molar-refractivity contribution is -0.125. The number of halogens is 1. The molecule has 2 aliphatic rings. The fraction of sp³-hybridized carbons (Fsp3) is 0.294. The number of likely N-dealkylation sites (tertiary alicyclic amines) is 1. The Morgan fingerprint density at radius 2 is 2.22 bits per heavy atom. The third-order valence-corrected chi connectivity index (χ3v) is 4.28. The molecular formula is C17H17ClN2O3. The van der Waals surface area contributed by atoms with Crippen LogP contribution in [0.4, 0.5) is 0 Å². The van der Waals surface area contributed by atoms with Gasteiger partial charge in [0.2, 0.25) is 11.8 Å². The third-order valence-electron chi connectivity index (χ3n) is 4.05. The number of hydrogen-bond acceptors (Lipinski definition) is 3. The second-order valence-electron chi connectivity index (χ2n) is 5.70. The van der Waals surface area contributed by atoms with Crippen molar-refractivity contribution in [2.75, 3.05) is 19.7 Å². The minimum absolute atomic E-state index is 0.119. The number of fused-ring (bicyclic) bond motifs is 1. The van der Waals surface area contributed by atoms with Crippen LogP contribution in [0.15, 0.2) is 35.9 Å². The molecule has 1 fully saturated rings. The Morgan fingerprint density at radius 1 is 1.39 bits per heavy atom. The highest BCUT2D eigenvalue weighted by Gasteiger charge is 2.28. The van der Waals surface area contributed by atoms with Crippen molar-refractivity contribution in [3.63, 3.8) is 0 Å². The number of nitrogens with zero attached hydrogens (tertiary/aromatic N) is 1. The Kier molecular flexibility index (Phi) is 4.39. The maximum absolute atomic E-state index is 12.2. The summed E-state index contributed by atoms with van der Waals surface area (Å²) < 4.78 is 5.63. The number of nitrogens with two attached hydrogens (primary N) is 1. The third kappa shape index (κ3) is 3.56. The summed E-state index contributed by atoms with van der Waals surface area (Å²) in [5.74, 6) is 0.0769. The van der Waals surface area contributed by atoms with Gasteiger partial charge in [0.05, 0.1) is 5.92 Å². The summed E-state index contributed by atoms with van der Waals surface area (Å²) >= 11 is 5.98. The molecule has 0 aromatic heterocycles. The molecule has 1 aromatic carbocycles. The molecule has 120 valence electrons. The molecule has 1 atom stereocenters. The zero-order valence-corrected chi connectivity index (χ0v) is 13.3. The van der Waals surface area contributed by atoms with Gasteiger partial charge in [-0.3, -0.25) is 9.59 Å². The van der Waals surface area contributed by atoms with E-state index in [0.29, 0.717) is 31.1 Å². The van der Waals surface area contributed by atoms with E-state index in [1.54, 1.807) is 17.0 Å². The summed E-state index contributed by atoms with van der Waals surface area (Å²) in [6.45, 7) is 1.36. The molecule has 23 heavy (non-hydrogen) atoms. The second-order valence-corrected chi connectivity index (χ2v) is 6.13. The van der Waals surface area contributed by atoms with E-state index >= 15 is 0 Å². The van der Waals surface area contributed by atoms with E-state index < -0.39 is 0 Å². The van der Waals surface area contributed by atoms with Crippen LogP contribution in [0.5, 0.6) is 5.75 Å². The fourth-order valence-electron chi connectivity index (χ4n) is 2.74. The summed E-state index contributed by atoms with van der Waals surface area (Å²) in [6, 6.07) is 5.43. The van der Waals surface area contributed by atoms with Crippen molar-refractivity contribution in [1.29, 1.82) is 0 Å². The highest BCUT2D eigenvalue weighted by molar-refractivity contribution is 6.30. The maximum atomic E-state index is 12.2. The Bertz CT molecular complexity index is 712. The Morgan fingerprint density at radius 3 is 2.96 bits per heavy atom. The number of hydrogen-bond donors (Lipinski definition) is 1. The summed E-state index contributed by atoms with van der Waals surface area (Å²) in [4.78, 5) is 24.9. The molecule has 2 heterocycles. The van der Waals surface area contributed by atoms with Crippen LogP contribution in [0.3, 0.4) is 0 Å². The summed E-state index contributed by atoms with van der Waals surface area (Å²) in [6.07, 6.45) is 5.83. The number of benzene rings is 1. The fourth-order valence-corrected chi connectivity index (χ4v) is 2.92. The molecule has 3 rings (SSSR count). The van der Waals surface area contributed by atoms with Crippen molar-refractivity contribution in [2.24, 2.45) is 11.7 Å². The molecule has 6 heteroatoms. The predicted octanol–water partition coefficient (Wildman–Crippen LogP) is 2.01. The minimum atomic E-state index is -0.346. The molecule has 2 N–H and O–H groups in total. The SMILES string of the molecule is NC(=O)C1CCN(C(=O)/C=C/C2=Cc3cc(Cl)ccc3OC2)C1. The van der Waals surface area contributed by atoms with E-state index in [2.05, 4.69) is 0 Å². The highest BCUT2D eigenvalue weighted by atomic mass is 35.5. The average molecular weight is 333 g/mol. The van der Waals surface area contributed by atoms with Gasteiger partial charge in [-0.25, -0.2) is 0 Å². The van der Waals surface area contributed by atoms with Crippen LogP contribution in [0.2, 0.25) is 5.02 Å². The first kappa shape index (κ1) is 15.6. The van der Waals surface area contributed by atoms with Gasteiger partial charge in [-0.1, -0.05) is 17.7 Å². The molecule has 2 amide bonds. The van der Waals surface area contributed by atoms with Crippen molar-refractivity contribution < 1.29 is 14.3 Å². The quantitative estimate of drug-likeness (QED) is 0.860. The van der Waals surface area contributed by atoms with Crippen LogP contribution >= 0.6 is 11.6 Å². The predicted molar refractivity (Wildman–Crippen MR) is 87.9 cm³/mol. The van der Waals surface area contributed by atoms with Crippen LogP contribution in [-0.2, 0) is 9.59 Å². The van der Waals surface area contributed by atoms with Crippen LogP contribution in [0.25, 0.3) is 6.08 Å². The lowest BCUT2D eigenvalue weighted by Crippen LogP contribution is -2.30. The molecule has 0 radical (unpaired) electrons. The molecule has 0 spiro atoms. The summed E-state index contributed by atoms with van der Waals surface area (Å²) in [5, 5.41) is 0.638. The molecule has 5 nitrogen and oxygen atoms in total. The molecule has 0 saturated carbocycles. The zero-order chi connectivity index (χ0) is 16.4. The molecule has 0 aliphatic carbocycles. The molecule has 2 aliphatic heterocycles. The lowest BCUT2D eigenvalue weighted by Gasteiger charge is -2.17. The van der Waals surface area contributed by atoms with Gasteiger partial charge in [-0.15, -0.1) is 0 Å².